The molecule has 0 radical (unpaired) electrons. The molecule has 1 atom stereocenters. The number of fused-ring (bicyclic) bond motifs is 2. The summed E-state index contributed by atoms with van der Waals surface area (Å²) in [5.41, 5.74) is 9.71. The molecule has 15 heteroatoms. The number of nitrogens with zero attached hydrogens (tertiary/aromatic N) is 9. The van der Waals surface area contributed by atoms with Gasteiger partial charge in [0.05, 0.1) is 41.7 Å². The highest BCUT2D eigenvalue weighted by Crippen LogP contribution is 2.34. The van der Waals surface area contributed by atoms with Gasteiger partial charge in [-0.1, -0.05) is 55.0 Å². The summed E-state index contributed by atoms with van der Waals surface area (Å²) >= 11 is 0. The van der Waals surface area contributed by atoms with E-state index in [2.05, 4.69) is 92.0 Å². The summed E-state index contributed by atoms with van der Waals surface area (Å²) in [5.74, 6) is 0.129. The van der Waals surface area contributed by atoms with Crippen LogP contribution in [0.5, 0.6) is 0 Å². The first kappa shape index (κ1) is 43.1. The number of hydrogen-bond acceptors (Lipinski definition) is 11. The summed E-state index contributed by atoms with van der Waals surface area (Å²) < 4.78 is 3.78. The minimum absolute atomic E-state index is 0.0802. The highest BCUT2D eigenvalue weighted by atomic mass is 16.3. The number of piperazine rings is 2. The Morgan fingerprint density at radius 2 is 1.59 bits per heavy atom. The van der Waals surface area contributed by atoms with Crippen LogP contribution in [0.4, 0.5) is 11.5 Å². The summed E-state index contributed by atoms with van der Waals surface area (Å²) in [6.45, 7) is 10.9. The van der Waals surface area contributed by atoms with Crippen molar-refractivity contribution in [1.82, 2.24) is 44.4 Å². The SMILES string of the molecule is Cc1nn2c(N3CCN(CCO)CC3)cc(-c3cccc(CCCCCN4CCN(C(=O)CNc5ccc6c(C7CCC(=O)NC7=O)nn(C)c6c5)CC4)c3)nc2c1-c1ccccc1. The lowest BCUT2D eigenvalue weighted by atomic mass is 9.93. The van der Waals surface area contributed by atoms with Gasteiger partial charge in [-0.2, -0.15) is 14.7 Å². The number of aliphatic hydroxyl groups excluding tert-OH is 1. The number of β-amino-alcohol motifs (C(OH)–C–C–N with tert-alkyl or cyclic N) is 1. The molecular weight excluding hydrogens is 807 g/mol. The van der Waals surface area contributed by atoms with Gasteiger partial charge in [0.15, 0.2) is 5.65 Å². The highest BCUT2D eigenvalue weighted by Gasteiger charge is 2.32. The molecule has 6 heterocycles. The van der Waals surface area contributed by atoms with Crippen molar-refractivity contribution in [3.05, 3.63) is 95.8 Å². The first-order chi connectivity index (χ1) is 31.2. The number of anilines is 2. The summed E-state index contributed by atoms with van der Waals surface area (Å²) in [6.07, 6.45) is 5.11. The lowest BCUT2D eigenvalue weighted by Gasteiger charge is -2.35. The molecular formula is C49H59N11O4. The Bertz CT molecular complexity index is 2630. The standard InChI is InChI=1S/C49H59N11O4/c1-34-46(36-12-6-3-7-13-36)48-51-41(32-44(60(48)53-34)58-24-20-57(21-25-58)28-29-61)37-14-9-11-35(30-37)10-5-4-8-19-56-22-26-59(27-23-56)45(63)33-50-38-15-16-39-42(31-38)55(2)54-47(39)40-17-18-43(62)52-49(40)64/h3,6-7,9,11-16,30-32,40,50,61H,4-5,8,10,17-29,33H2,1-2H3,(H,52,62,64). The molecule has 3 aliphatic rings. The Labute approximate surface area is 374 Å². The topological polar surface area (TPSA) is 156 Å². The van der Waals surface area contributed by atoms with E-state index in [1.807, 2.05) is 40.7 Å². The monoisotopic (exact) mass is 865 g/mol. The molecule has 15 nitrogen and oxygen atoms in total. The maximum atomic E-state index is 13.2. The van der Waals surface area contributed by atoms with E-state index in [1.54, 1.807) is 4.68 Å². The van der Waals surface area contributed by atoms with Gasteiger partial charge in [-0.3, -0.25) is 34.2 Å². The molecule has 6 aromatic rings. The number of unbranched alkanes of at least 4 members (excludes halogenated alkanes) is 2. The molecule has 3 aromatic carbocycles. The molecule has 3 fully saturated rings. The minimum atomic E-state index is -0.455. The number of nitrogens with one attached hydrogen (secondary N) is 2. The largest absolute Gasteiger partial charge is 0.395 e. The van der Waals surface area contributed by atoms with Crippen molar-refractivity contribution in [2.24, 2.45) is 7.05 Å². The number of aryl methyl sites for hydroxylation is 3. The predicted octanol–water partition coefficient (Wildman–Crippen LogP) is 4.86. The van der Waals surface area contributed by atoms with Crippen molar-refractivity contribution in [2.75, 3.05) is 88.8 Å². The molecule has 1 unspecified atom stereocenters. The quantitative estimate of drug-likeness (QED) is 0.0958. The van der Waals surface area contributed by atoms with E-state index in [9.17, 15) is 19.5 Å². The van der Waals surface area contributed by atoms with Crippen LogP contribution in [-0.4, -0.2) is 141 Å². The van der Waals surface area contributed by atoms with Crippen molar-refractivity contribution in [1.29, 1.82) is 0 Å². The number of piperidine rings is 1. The molecule has 64 heavy (non-hydrogen) atoms. The third-order valence-electron chi connectivity index (χ3n) is 13.2. The fraction of sp³-hybridized carbons (Fsp3) is 0.429. The van der Waals surface area contributed by atoms with E-state index in [0.717, 1.165) is 141 Å². The van der Waals surface area contributed by atoms with E-state index in [1.165, 1.54) is 5.56 Å². The molecule has 0 bridgehead atoms. The van der Waals surface area contributed by atoms with Crippen LogP contribution in [0.1, 0.15) is 55.0 Å². The van der Waals surface area contributed by atoms with Gasteiger partial charge in [-0.15, -0.1) is 0 Å². The van der Waals surface area contributed by atoms with Gasteiger partial charge in [0.2, 0.25) is 17.7 Å². The summed E-state index contributed by atoms with van der Waals surface area (Å²) in [5, 5.41) is 25.8. The summed E-state index contributed by atoms with van der Waals surface area (Å²) in [7, 11) is 1.84. The smallest absolute Gasteiger partial charge is 0.241 e. The van der Waals surface area contributed by atoms with Crippen LogP contribution in [0.3, 0.4) is 0 Å². The van der Waals surface area contributed by atoms with Crippen LogP contribution in [0, 0.1) is 6.92 Å². The van der Waals surface area contributed by atoms with Crippen LogP contribution in [0.15, 0.2) is 78.9 Å². The Kier molecular flexibility index (Phi) is 13.0. The van der Waals surface area contributed by atoms with Gasteiger partial charge in [0, 0.05) is 101 Å². The van der Waals surface area contributed by atoms with E-state index < -0.39 is 5.92 Å². The first-order valence-corrected chi connectivity index (χ1v) is 22.9. The molecule has 3 aliphatic heterocycles. The van der Waals surface area contributed by atoms with Crippen molar-refractivity contribution >= 4 is 45.8 Å². The zero-order chi connectivity index (χ0) is 44.2. The molecule has 3 N–H and O–H groups in total. The fourth-order valence-electron chi connectivity index (χ4n) is 9.61. The van der Waals surface area contributed by atoms with Gasteiger partial charge in [-0.25, -0.2) is 4.98 Å². The Balaban J connectivity index is 0.758. The average molecular weight is 866 g/mol. The van der Waals surface area contributed by atoms with Gasteiger partial charge >= 0.3 is 0 Å². The third kappa shape index (κ3) is 9.37. The number of carbonyl (C=O) groups is 3. The van der Waals surface area contributed by atoms with Crippen LogP contribution >= 0.6 is 0 Å². The predicted molar refractivity (Wildman–Crippen MR) is 249 cm³/mol. The highest BCUT2D eigenvalue weighted by molar-refractivity contribution is 6.02. The number of carbonyl (C=O) groups excluding carboxylic acids is 3. The number of aliphatic hydroxyl groups is 1. The Morgan fingerprint density at radius 1 is 0.828 bits per heavy atom. The molecule has 0 saturated carbocycles. The second-order valence-corrected chi connectivity index (χ2v) is 17.4. The second kappa shape index (κ2) is 19.3. The number of amides is 3. The molecule has 0 aliphatic carbocycles. The number of hydrogen-bond donors (Lipinski definition) is 3. The maximum Gasteiger partial charge on any atom is 0.241 e. The Morgan fingerprint density at radius 3 is 2.38 bits per heavy atom. The fourth-order valence-corrected chi connectivity index (χ4v) is 9.61. The molecule has 334 valence electrons. The number of benzene rings is 3. The summed E-state index contributed by atoms with van der Waals surface area (Å²) in [6, 6.07) is 27.3. The molecule has 0 spiro atoms. The van der Waals surface area contributed by atoms with Gasteiger partial charge in [-0.05, 0) is 74.5 Å². The number of aromatic nitrogens is 5. The van der Waals surface area contributed by atoms with E-state index in [0.29, 0.717) is 25.1 Å². The third-order valence-corrected chi connectivity index (χ3v) is 13.2. The van der Waals surface area contributed by atoms with Gasteiger partial charge < -0.3 is 20.2 Å². The molecule has 3 aromatic heterocycles. The van der Waals surface area contributed by atoms with Crippen molar-refractivity contribution in [2.45, 2.75) is 51.4 Å². The van der Waals surface area contributed by atoms with Crippen molar-refractivity contribution in [3.8, 4) is 22.4 Å². The van der Waals surface area contributed by atoms with Gasteiger partial charge in [0.1, 0.15) is 5.82 Å². The normalized spacial score (nSPS) is 17.7. The van der Waals surface area contributed by atoms with Crippen LogP contribution in [0.25, 0.3) is 38.9 Å². The van der Waals surface area contributed by atoms with Crippen molar-refractivity contribution < 1.29 is 19.5 Å². The van der Waals surface area contributed by atoms with E-state index in [-0.39, 0.29) is 30.9 Å². The maximum absolute atomic E-state index is 13.2. The van der Waals surface area contributed by atoms with Gasteiger partial charge in [0.25, 0.3) is 0 Å². The molecule has 9 rings (SSSR count). The first-order valence-electron chi connectivity index (χ1n) is 22.9. The van der Waals surface area contributed by atoms with E-state index in [4.69, 9.17) is 10.1 Å². The Hall–Kier alpha value is -6.16. The lowest BCUT2D eigenvalue weighted by Crippen LogP contribution is -2.50. The summed E-state index contributed by atoms with van der Waals surface area (Å²) in [4.78, 5) is 51.8. The van der Waals surface area contributed by atoms with Crippen LogP contribution in [-0.2, 0) is 27.9 Å². The lowest BCUT2D eigenvalue weighted by molar-refractivity contribution is -0.134. The van der Waals surface area contributed by atoms with Crippen LogP contribution in [0.2, 0.25) is 0 Å². The van der Waals surface area contributed by atoms with E-state index >= 15 is 0 Å². The van der Waals surface area contributed by atoms with Crippen LogP contribution < -0.4 is 15.5 Å². The molecule has 3 saturated heterocycles. The van der Waals surface area contributed by atoms with Crippen molar-refractivity contribution in [3.63, 3.8) is 0 Å². The number of rotatable bonds is 15. The zero-order valence-corrected chi connectivity index (χ0v) is 37.0. The molecule has 3 amide bonds. The zero-order valence-electron chi connectivity index (χ0n) is 37.0. The average Bonchev–Trinajstić information content (AvgIpc) is 3.83. The number of imide groups is 1. The minimum Gasteiger partial charge on any atom is -0.395 e. The second-order valence-electron chi connectivity index (χ2n) is 17.4.